The third kappa shape index (κ3) is 3.23. The molecule has 1 saturated heterocycles. The number of urea groups is 1. The Morgan fingerprint density at radius 3 is 2.55 bits per heavy atom. The Labute approximate surface area is 119 Å². The van der Waals surface area contributed by atoms with Crippen LogP contribution in [0.3, 0.4) is 0 Å². The Morgan fingerprint density at radius 1 is 1.30 bits per heavy atom. The summed E-state index contributed by atoms with van der Waals surface area (Å²) in [6.07, 6.45) is 5.21. The fraction of sp³-hybridized carbons (Fsp3) is 0.857. The van der Waals surface area contributed by atoms with E-state index in [9.17, 15) is 14.7 Å². The summed E-state index contributed by atoms with van der Waals surface area (Å²) in [6.45, 7) is 2.24. The van der Waals surface area contributed by atoms with Crippen molar-refractivity contribution in [3.8, 4) is 0 Å². The summed E-state index contributed by atoms with van der Waals surface area (Å²) in [5.41, 5.74) is 4.85. The van der Waals surface area contributed by atoms with E-state index < -0.39 is 11.4 Å². The number of rotatable bonds is 4. The number of amides is 2. The number of hydrogen-bond donors (Lipinski definition) is 3. The molecule has 2 fully saturated rings. The number of carboxylic acid groups (broad SMARTS) is 1. The maximum atomic E-state index is 12.1. The van der Waals surface area contributed by atoms with Crippen molar-refractivity contribution in [3.63, 3.8) is 0 Å². The molecule has 20 heavy (non-hydrogen) atoms. The average Bonchev–Trinajstić information content (AvgIpc) is 2.94. The van der Waals surface area contributed by atoms with Gasteiger partial charge in [-0.05, 0) is 31.7 Å². The van der Waals surface area contributed by atoms with Crippen LogP contribution in [0.2, 0.25) is 0 Å². The summed E-state index contributed by atoms with van der Waals surface area (Å²) in [7, 11) is 0. The molecule has 0 radical (unpaired) electrons. The zero-order valence-electron chi connectivity index (χ0n) is 11.9. The lowest BCUT2D eigenvalue weighted by Crippen LogP contribution is -2.48. The third-order valence-electron chi connectivity index (χ3n) is 4.75. The van der Waals surface area contributed by atoms with Crippen LogP contribution in [-0.4, -0.2) is 48.2 Å². The standard InChI is InChI=1S/C14H25N3O3/c15-8-11-4-7-17(9-11)13(20)16-10-14(12(18)19)5-2-1-3-6-14/h11H,1-10,15H2,(H,16,20)(H,18,19). The van der Waals surface area contributed by atoms with Crippen LogP contribution < -0.4 is 11.1 Å². The number of likely N-dealkylation sites (tertiary alicyclic amines) is 1. The average molecular weight is 283 g/mol. The van der Waals surface area contributed by atoms with E-state index >= 15 is 0 Å². The minimum atomic E-state index is -0.779. The van der Waals surface area contributed by atoms with E-state index in [1.54, 1.807) is 4.90 Å². The first-order chi connectivity index (χ1) is 9.57. The molecule has 1 heterocycles. The van der Waals surface area contributed by atoms with Crippen molar-refractivity contribution in [2.75, 3.05) is 26.2 Å². The van der Waals surface area contributed by atoms with Gasteiger partial charge in [0, 0.05) is 19.6 Å². The topological polar surface area (TPSA) is 95.7 Å². The highest BCUT2D eigenvalue weighted by molar-refractivity contribution is 5.78. The van der Waals surface area contributed by atoms with Crippen molar-refractivity contribution in [2.24, 2.45) is 17.1 Å². The lowest BCUT2D eigenvalue weighted by atomic mass is 9.74. The van der Waals surface area contributed by atoms with Crippen LogP contribution in [0.25, 0.3) is 0 Å². The minimum absolute atomic E-state index is 0.146. The van der Waals surface area contributed by atoms with Gasteiger partial charge in [-0.3, -0.25) is 4.79 Å². The number of aliphatic carboxylic acids is 1. The lowest BCUT2D eigenvalue weighted by molar-refractivity contribution is -0.150. The van der Waals surface area contributed by atoms with Gasteiger partial charge in [-0.1, -0.05) is 19.3 Å². The minimum Gasteiger partial charge on any atom is -0.481 e. The fourth-order valence-corrected chi connectivity index (χ4v) is 3.26. The van der Waals surface area contributed by atoms with Gasteiger partial charge in [0.25, 0.3) is 0 Å². The first kappa shape index (κ1) is 15.1. The van der Waals surface area contributed by atoms with Crippen LogP contribution in [0.15, 0.2) is 0 Å². The molecule has 114 valence electrons. The summed E-state index contributed by atoms with van der Waals surface area (Å²) in [5, 5.41) is 12.3. The molecule has 0 spiro atoms. The molecule has 2 rings (SSSR count). The second-order valence-electron chi connectivity index (χ2n) is 6.14. The van der Waals surface area contributed by atoms with E-state index in [4.69, 9.17) is 5.73 Å². The Morgan fingerprint density at radius 2 is 2.00 bits per heavy atom. The number of nitrogens with two attached hydrogens (primary N) is 1. The van der Waals surface area contributed by atoms with Crippen molar-refractivity contribution >= 4 is 12.0 Å². The molecule has 1 saturated carbocycles. The number of carboxylic acids is 1. The van der Waals surface area contributed by atoms with E-state index in [1.807, 2.05) is 0 Å². The summed E-state index contributed by atoms with van der Waals surface area (Å²) in [5.74, 6) is -0.400. The summed E-state index contributed by atoms with van der Waals surface area (Å²) in [6, 6.07) is -0.146. The van der Waals surface area contributed by atoms with E-state index in [-0.39, 0.29) is 12.6 Å². The molecular weight excluding hydrogens is 258 g/mol. The van der Waals surface area contributed by atoms with Crippen molar-refractivity contribution in [1.29, 1.82) is 0 Å². The van der Waals surface area contributed by atoms with Gasteiger partial charge in [0.2, 0.25) is 0 Å². The van der Waals surface area contributed by atoms with Gasteiger partial charge in [-0.2, -0.15) is 0 Å². The van der Waals surface area contributed by atoms with Crippen LogP contribution in [0.1, 0.15) is 38.5 Å². The molecule has 1 aliphatic heterocycles. The van der Waals surface area contributed by atoms with Crippen molar-refractivity contribution in [2.45, 2.75) is 38.5 Å². The number of nitrogens with zero attached hydrogens (tertiary/aromatic N) is 1. The monoisotopic (exact) mass is 283 g/mol. The highest BCUT2D eigenvalue weighted by Crippen LogP contribution is 2.36. The van der Waals surface area contributed by atoms with Crippen LogP contribution in [-0.2, 0) is 4.79 Å². The highest BCUT2D eigenvalue weighted by atomic mass is 16.4. The van der Waals surface area contributed by atoms with E-state index in [2.05, 4.69) is 5.32 Å². The first-order valence-corrected chi connectivity index (χ1v) is 7.54. The zero-order valence-corrected chi connectivity index (χ0v) is 11.9. The Balaban J connectivity index is 1.86. The molecule has 1 unspecified atom stereocenters. The summed E-state index contributed by atoms with van der Waals surface area (Å²) >= 11 is 0. The molecule has 2 amide bonds. The molecule has 1 atom stereocenters. The van der Waals surface area contributed by atoms with Crippen LogP contribution in [0, 0.1) is 11.3 Å². The molecule has 6 nitrogen and oxygen atoms in total. The Bertz CT molecular complexity index is 367. The Kier molecular flexibility index (Phi) is 4.86. The number of nitrogens with one attached hydrogen (secondary N) is 1. The third-order valence-corrected chi connectivity index (χ3v) is 4.75. The number of carbonyl (C=O) groups is 2. The predicted molar refractivity (Wildman–Crippen MR) is 75.3 cm³/mol. The zero-order chi connectivity index (χ0) is 14.6. The second kappa shape index (κ2) is 6.43. The first-order valence-electron chi connectivity index (χ1n) is 7.54. The normalized spacial score (nSPS) is 25.4. The van der Waals surface area contributed by atoms with Crippen LogP contribution in [0.4, 0.5) is 4.79 Å². The molecule has 0 aromatic heterocycles. The fourth-order valence-electron chi connectivity index (χ4n) is 3.26. The van der Waals surface area contributed by atoms with Gasteiger partial charge in [0.1, 0.15) is 0 Å². The van der Waals surface area contributed by atoms with Gasteiger partial charge in [-0.15, -0.1) is 0 Å². The molecular formula is C14H25N3O3. The predicted octanol–water partition coefficient (Wildman–Crippen LogP) is 1.01. The quantitative estimate of drug-likeness (QED) is 0.717. The maximum absolute atomic E-state index is 12.1. The number of hydrogen-bond acceptors (Lipinski definition) is 3. The maximum Gasteiger partial charge on any atom is 0.317 e. The van der Waals surface area contributed by atoms with Crippen molar-refractivity contribution in [3.05, 3.63) is 0 Å². The van der Waals surface area contributed by atoms with Gasteiger partial charge >= 0.3 is 12.0 Å². The van der Waals surface area contributed by atoms with Gasteiger partial charge in [-0.25, -0.2) is 4.79 Å². The van der Waals surface area contributed by atoms with E-state index in [0.29, 0.717) is 38.4 Å². The van der Waals surface area contributed by atoms with Crippen molar-refractivity contribution < 1.29 is 14.7 Å². The largest absolute Gasteiger partial charge is 0.481 e. The molecule has 4 N–H and O–H groups in total. The Hall–Kier alpha value is -1.30. The summed E-state index contributed by atoms with van der Waals surface area (Å²) in [4.78, 5) is 25.4. The van der Waals surface area contributed by atoms with E-state index in [0.717, 1.165) is 25.7 Å². The molecule has 2 aliphatic rings. The lowest BCUT2D eigenvalue weighted by Gasteiger charge is -2.33. The SMILES string of the molecule is NCC1CCN(C(=O)NCC2(C(=O)O)CCCCC2)C1. The smallest absolute Gasteiger partial charge is 0.317 e. The molecule has 0 aromatic carbocycles. The second-order valence-corrected chi connectivity index (χ2v) is 6.14. The van der Waals surface area contributed by atoms with Crippen molar-refractivity contribution in [1.82, 2.24) is 10.2 Å². The molecule has 0 aromatic rings. The van der Waals surface area contributed by atoms with Crippen LogP contribution in [0.5, 0.6) is 0 Å². The number of carbonyl (C=O) groups excluding carboxylic acids is 1. The molecule has 1 aliphatic carbocycles. The van der Waals surface area contributed by atoms with Gasteiger partial charge in [0.05, 0.1) is 5.41 Å². The van der Waals surface area contributed by atoms with Crippen LogP contribution >= 0.6 is 0 Å². The van der Waals surface area contributed by atoms with E-state index in [1.165, 1.54) is 0 Å². The van der Waals surface area contributed by atoms with Gasteiger partial charge < -0.3 is 21.1 Å². The molecule has 6 heteroatoms. The molecule has 0 bridgehead atoms. The van der Waals surface area contributed by atoms with Gasteiger partial charge in [0.15, 0.2) is 0 Å². The highest BCUT2D eigenvalue weighted by Gasteiger charge is 2.40. The summed E-state index contributed by atoms with van der Waals surface area (Å²) < 4.78 is 0.